The Morgan fingerprint density at radius 1 is 0.760 bits per heavy atom. The molecule has 0 unspecified atom stereocenters. The molecule has 0 atom stereocenters. The van der Waals surface area contributed by atoms with Crippen LogP contribution in [0.15, 0.2) is 105 Å². The normalized spacial score (nSPS) is 13.7. The fourth-order valence-corrected chi connectivity index (χ4v) is 8.73. The second-order valence-corrected chi connectivity index (χ2v) is 19.7. The molecule has 17 nitrogen and oxygen atoms in total. The van der Waals surface area contributed by atoms with Crippen molar-refractivity contribution in [3.8, 4) is 0 Å². The molecule has 5 aromatic rings. The molecule has 8 rings (SSSR count). The number of ether oxygens (including phenoxy) is 1. The van der Waals surface area contributed by atoms with E-state index in [0.717, 1.165) is 59.5 Å². The predicted molar refractivity (Wildman–Crippen MR) is 326 cm³/mol. The number of fused-ring (bicyclic) bond motifs is 2. The molecule has 3 aliphatic heterocycles. The van der Waals surface area contributed by atoms with Gasteiger partial charge in [0, 0.05) is 105 Å². The van der Waals surface area contributed by atoms with Crippen LogP contribution in [0.25, 0.3) is 11.6 Å². The number of alkyl halides is 1. The zero-order chi connectivity index (χ0) is 50.7. The first-order valence-corrected chi connectivity index (χ1v) is 25.5. The van der Waals surface area contributed by atoms with E-state index in [0.29, 0.717) is 69.1 Å². The highest BCUT2D eigenvalue weighted by molar-refractivity contribution is 9.11. The molecular weight excluding hydrogens is 1280 g/mol. The third-order valence-corrected chi connectivity index (χ3v) is 12.4. The summed E-state index contributed by atoms with van der Waals surface area (Å²) in [4.78, 5) is 71.0. The van der Waals surface area contributed by atoms with E-state index in [1.165, 1.54) is 11.1 Å². The van der Waals surface area contributed by atoms with Gasteiger partial charge in [-0.15, -0.1) is 17.0 Å². The molecule has 1 aromatic carbocycles. The Morgan fingerprint density at radius 3 is 1.81 bits per heavy atom. The molecule has 0 saturated heterocycles. The number of carbonyl (C=O) groups is 4. The van der Waals surface area contributed by atoms with E-state index < -0.39 is 0 Å². The van der Waals surface area contributed by atoms with Gasteiger partial charge in [0.15, 0.2) is 0 Å². The van der Waals surface area contributed by atoms with Crippen molar-refractivity contribution in [2.24, 2.45) is 0 Å². The second kappa shape index (κ2) is 35.4. The number of esters is 1. The molecule has 0 spiro atoms. The SMILES string of the molecule is Br.C.C.C.C.CCOC(=O)CN(C)Cc1cc(Br)cnc1N.CN1CC(=O)Nc2ncc(/C=C/C(=O)N3CC=C(c4ccccc4)CC3)cc2C1.CN1CC(=O)Nc2ncc(Br)cc2C1.Nc1ncc(Br)cc1CBr. The second-order valence-electron chi connectivity index (χ2n) is 16.3. The lowest BCUT2D eigenvalue weighted by molar-refractivity contribution is -0.144. The molecule has 0 saturated carbocycles. The smallest absolute Gasteiger partial charge is 0.320 e. The lowest BCUT2D eigenvalue weighted by Gasteiger charge is -2.25. The van der Waals surface area contributed by atoms with Gasteiger partial charge in [-0.05, 0) is 129 Å². The summed E-state index contributed by atoms with van der Waals surface area (Å²) in [6.45, 7) is 6.42. The lowest BCUT2D eigenvalue weighted by atomic mass is 9.99. The standard InChI is InChI=1S/C23H24N4O2.C11H16BrN3O2.C9H10BrN3O.C6H6Br2N2.4CH4.BrH/c1-26-15-20-13-17(14-24-23(20)25-21(28)16-26)7-8-22(29)27-11-9-19(10-12-27)18-5-3-2-4-6-18;1-3-17-10(16)7-15(2)6-8-4-9(12)5-14-11(8)13;1-13-4-6-2-7(10)3-11-9(6)12-8(14)5-13;7-2-4-1-5(8)3-10-6(4)9;;;;;/h2-9,13-14H,10-12,15-16H2,1H3,(H,24,25,28);4-5H,3,6-7H2,1-2H3,(H2,13,14);2-3H,4-5H2,1H3,(H,11,12,14);1,3H,2H2,(H2,9,10);4*1H4;1H/b8-7+;;;;;;;;. The van der Waals surface area contributed by atoms with E-state index in [-0.39, 0.29) is 76.9 Å². The summed E-state index contributed by atoms with van der Waals surface area (Å²) in [6.07, 6.45) is 13.1. The molecule has 0 bridgehead atoms. The minimum Gasteiger partial charge on any atom is -0.465 e. The fourth-order valence-electron chi connectivity index (χ4n) is 7.14. The van der Waals surface area contributed by atoms with E-state index in [1.807, 2.05) is 83.2 Å². The average Bonchev–Trinajstić information content (AvgIpc) is 3.57. The van der Waals surface area contributed by atoms with Gasteiger partial charge in [0.2, 0.25) is 17.7 Å². The number of pyridine rings is 4. The average molecular weight is 1360 g/mol. The van der Waals surface area contributed by atoms with Crippen LogP contribution in [0.2, 0.25) is 0 Å². The summed E-state index contributed by atoms with van der Waals surface area (Å²) in [5.41, 5.74) is 18.5. The van der Waals surface area contributed by atoms with E-state index in [1.54, 1.807) is 43.9 Å². The van der Waals surface area contributed by atoms with E-state index in [9.17, 15) is 19.2 Å². The Labute approximate surface area is 488 Å². The number of hydrogen-bond acceptors (Lipinski definition) is 14. The Kier molecular flexibility index (Phi) is 33.1. The van der Waals surface area contributed by atoms with Crippen molar-refractivity contribution in [1.82, 2.24) is 39.5 Å². The highest BCUT2D eigenvalue weighted by atomic mass is 79.9. The largest absolute Gasteiger partial charge is 0.465 e. The van der Waals surface area contributed by atoms with Gasteiger partial charge in [-0.1, -0.05) is 82.0 Å². The van der Waals surface area contributed by atoms with Crippen molar-refractivity contribution in [2.45, 2.75) is 68.0 Å². The number of nitrogens with two attached hydrogens (primary N) is 2. The molecule has 0 fully saturated rings. The van der Waals surface area contributed by atoms with E-state index in [2.05, 4.69) is 112 Å². The molecule has 75 heavy (non-hydrogen) atoms. The van der Waals surface area contributed by atoms with Crippen LogP contribution in [-0.2, 0) is 48.9 Å². The van der Waals surface area contributed by atoms with Crippen molar-refractivity contribution >= 4 is 139 Å². The summed E-state index contributed by atoms with van der Waals surface area (Å²) < 4.78 is 7.62. The maximum atomic E-state index is 12.6. The van der Waals surface area contributed by atoms with Crippen molar-refractivity contribution in [3.63, 3.8) is 0 Å². The highest BCUT2D eigenvalue weighted by Crippen LogP contribution is 2.25. The van der Waals surface area contributed by atoms with Gasteiger partial charge in [-0.25, -0.2) is 19.9 Å². The van der Waals surface area contributed by atoms with Crippen LogP contribution in [0.1, 0.15) is 76.4 Å². The fraction of sp³-hybridized carbons (Fsp3) is 0.358. The third-order valence-electron chi connectivity index (χ3n) is 10.5. The van der Waals surface area contributed by atoms with Gasteiger partial charge in [0.05, 0.1) is 26.2 Å². The summed E-state index contributed by atoms with van der Waals surface area (Å²) >= 11 is 13.3. The molecule has 3 aliphatic rings. The first-order valence-electron chi connectivity index (χ1n) is 22.0. The monoisotopic (exact) mass is 1350 g/mol. The maximum absolute atomic E-state index is 12.6. The van der Waals surface area contributed by atoms with Gasteiger partial charge in [-0.2, -0.15) is 0 Å². The molecule has 0 aliphatic carbocycles. The van der Waals surface area contributed by atoms with E-state index >= 15 is 0 Å². The van der Waals surface area contributed by atoms with Crippen LogP contribution in [-0.4, -0.2) is 124 Å². The first kappa shape index (κ1) is 70.1. The van der Waals surface area contributed by atoms with Crippen molar-refractivity contribution in [3.05, 3.63) is 138 Å². The van der Waals surface area contributed by atoms with Crippen LogP contribution < -0.4 is 22.1 Å². The number of nitrogens with one attached hydrogen (secondary N) is 2. The van der Waals surface area contributed by atoms with Crippen molar-refractivity contribution in [2.75, 3.05) is 82.6 Å². The zero-order valence-corrected chi connectivity index (χ0v) is 47.8. The minimum absolute atomic E-state index is 0. The van der Waals surface area contributed by atoms with E-state index in [4.69, 9.17) is 16.2 Å². The molecule has 0 radical (unpaired) electrons. The number of halogens is 5. The molecule has 410 valence electrons. The predicted octanol–water partition coefficient (Wildman–Crippen LogP) is 10.9. The van der Waals surface area contributed by atoms with Crippen LogP contribution in [0.4, 0.5) is 23.3 Å². The summed E-state index contributed by atoms with van der Waals surface area (Å²) in [5, 5.41) is 6.33. The summed E-state index contributed by atoms with van der Waals surface area (Å²) in [6, 6.07) is 18.1. The number of anilines is 4. The Morgan fingerprint density at radius 2 is 1.28 bits per heavy atom. The van der Waals surface area contributed by atoms with Crippen LogP contribution >= 0.6 is 80.7 Å². The Hall–Kier alpha value is -4.94. The molecule has 3 amide bonds. The van der Waals surface area contributed by atoms with Gasteiger partial charge < -0.3 is 31.7 Å². The number of nitrogens with zero attached hydrogens (tertiary/aromatic N) is 8. The zero-order valence-electron chi connectivity index (χ0n) is 39.7. The van der Waals surface area contributed by atoms with Crippen molar-refractivity contribution in [1.29, 1.82) is 0 Å². The summed E-state index contributed by atoms with van der Waals surface area (Å²) in [7, 11) is 5.64. The number of carbonyl (C=O) groups excluding carboxylic acids is 4. The number of rotatable bonds is 9. The van der Waals surface area contributed by atoms with Crippen LogP contribution in [0.3, 0.4) is 0 Å². The Bertz CT molecular complexity index is 2680. The molecule has 6 N–H and O–H groups in total. The number of likely N-dealkylation sites (N-methyl/N-ethyl adjacent to an activating group) is 3. The van der Waals surface area contributed by atoms with Crippen LogP contribution in [0.5, 0.6) is 0 Å². The van der Waals surface area contributed by atoms with Gasteiger partial charge in [0.25, 0.3) is 0 Å². The third kappa shape index (κ3) is 23.5. The summed E-state index contributed by atoms with van der Waals surface area (Å²) in [5.74, 6) is 2.00. The topological polar surface area (TPSA) is 218 Å². The number of amides is 3. The number of hydrogen-bond donors (Lipinski definition) is 4. The quantitative estimate of drug-likeness (QED) is 0.0613. The lowest BCUT2D eigenvalue weighted by Crippen LogP contribution is -2.33. The molecule has 4 aromatic heterocycles. The Balaban J connectivity index is 0.00000103. The maximum Gasteiger partial charge on any atom is 0.320 e. The number of benzene rings is 1. The van der Waals surface area contributed by atoms with Crippen molar-refractivity contribution < 1.29 is 23.9 Å². The minimum atomic E-state index is -0.239. The first-order chi connectivity index (χ1) is 33.5. The number of aromatic nitrogens is 4. The van der Waals surface area contributed by atoms with Crippen LogP contribution in [0, 0.1) is 0 Å². The molecule has 22 heteroatoms. The molecule has 7 heterocycles. The highest BCUT2D eigenvalue weighted by Gasteiger charge is 2.20. The van der Waals surface area contributed by atoms with Gasteiger partial charge in [0.1, 0.15) is 23.3 Å². The number of nitrogen functional groups attached to an aromatic ring is 2. The molecular formula is C53H73Br5N12O5. The van der Waals surface area contributed by atoms with Gasteiger partial charge in [-0.3, -0.25) is 33.9 Å². The van der Waals surface area contributed by atoms with Gasteiger partial charge >= 0.3 is 5.97 Å².